The molecular weight excluding hydrogens is 1660 g/mol. The summed E-state index contributed by atoms with van der Waals surface area (Å²) in [6.07, 6.45) is 7.36. The Labute approximate surface area is 738 Å². The quantitative estimate of drug-likeness (QED) is 0.0164. The molecule has 2 aliphatic rings. The van der Waals surface area contributed by atoms with Gasteiger partial charge in [-0.1, -0.05) is 64.2 Å². The summed E-state index contributed by atoms with van der Waals surface area (Å²) in [5.41, 5.74) is 50.6. The van der Waals surface area contributed by atoms with Crippen molar-refractivity contribution >= 4 is 118 Å². The van der Waals surface area contributed by atoms with E-state index >= 15 is 0 Å². The van der Waals surface area contributed by atoms with Crippen molar-refractivity contribution in [2.75, 3.05) is 32.8 Å². The number of primary amides is 3. The highest BCUT2D eigenvalue weighted by molar-refractivity contribution is 6.02. The number of unbranched alkanes of at least 4 members (excludes halogenated alkanes) is 1. The Balaban J connectivity index is 1.96. The van der Waals surface area contributed by atoms with Crippen molar-refractivity contribution in [3.63, 3.8) is 0 Å². The van der Waals surface area contributed by atoms with E-state index < -0.39 is 215 Å². The lowest BCUT2D eigenvalue weighted by atomic mass is 9.84. The van der Waals surface area contributed by atoms with Crippen LogP contribution in [-0.2, 0) is 87.9 Å². The van der Waals surface area contributed by atoms with E-state index in [1.165, 1.54) is 53.9 Å². The lowest BCUT2D eigenvalue weighted by molar-refractivity contribution is -0.139. The number of carbonyl (C=O) groups excluding carboxylic acids is 17. The Morgan fingerprint density at radius 3 is 1.16 bits per heavy atom. The SMILES string of the molecule is CC(=O)N[C@@H](CO)C(=O)NC(C)(C)C(=O)N[C@@H](CCCN=C(N)N)C(=O)N[C@@H](Cc1ccncc1)C(=O)N[C@@H](CC1CCCCC1)C(=O)NC(C)(C)C(=O)N[C@@H](CC(N)=O)C(=O)N[C@@H](CCCCN)C(=O)NC(C)(C)C(=O)N[C@H](C(=O)N[C@@H](CCCN=C(N)N)C(=O)N[C@@H](CCC(N)=O)C(=O)N[C@@H](CCCN=C(N)N)C(=O)N[C@@H](CC1CCCCC1)C(N)=O)[C@@H](C)O. The number of aliphatic hydroxyl groups excluding tert-OH is 2. The molecule has 47 nitrogen and oxygen atoms in total. The van der Waals surface area contributed by atoms with Crippen molar-refractivity contribution in [1.29, 1.82) is 0 Å². The van der Waals surface area contributed by atoms with Crippen LogP contribution in [0.4, 0.5) is 0 Å². The average molecular weight is 1800 g/mol. The Morgan fingerprint density at radius 2 is 0.756 bits per heavy atom. The Hall–Kier alpha value is -12.2. The van der Waals surface area contributed by atoms with Gasteiger partial charge in [0.1, 0.15) is 83.1 Å². The molecule has 1 aromatic heterocycles. The summed E-state index contributed by atoms with van der Waals surface area (Å²) in [4.78, 5) is 253. The molecule has 712 valence electrons. The highest BCUT2D eigenvalue weighted by atomic mass is 16.3. The first-order chi connectivity index (χ1) is 59.6. The number of nitrogens with zero attached hydrogens (tertiary/aromatic N) is 4. The molecular formula is C80H138N28O19. The van der Waals surface area contributed by atoms with Crippen molar-refractivity contribution in [2.24, 2.45) is 84.1 Å². The molecule has 0 radical (unpaired) electrons. The zero-order valence-corrected chi connectivity index (χ0v) is 74.0. The second-order valence-corrected chi connectivity index (χ2v) is 33.7. The number of nitrogens with two attached hydrogens (primary N) is 10. The number of carbonyl (C=O) groups is 17. The highest BCUT2D eigenvalue weighted by Crippen LogP contribution is 2.29. The topological polar surface area (TPSA) is 809 Å². The van der Waals surface area contributed by atoms with Gasteiger partial charge in [0, 0.05) is 51.8 Å². The number of amides is 17. The molecule has 0 aromatic carbocycles. The molecule has 0 bridgehead atoms. The fourth-order valence-electron chi connectivity index (χ4n) is 14.1. The molecule has 0 aliphatic heterocycles. The van der Waals surface area contributed by atoms with Crippen LogP contribution in [0.25, 0.3) is 0 Å². The predicted molar refractivity (Wildman–Crippen MR) is 467 cm³/mol. The minimum Gasteiger partial charge on any atom is -0.394 e. The van der Waals surface area contributed by atoms with E-state index in [0.717, 1.165) is 65.2 Å². The average Bonchev–Trinajstić information content (AvgIpc) is 0.833. The number of hydrogen-bond donors (Lipinski definition) is 26. The standard InChI is InChI=1S/C80H138N28O19/c1-43(110)60(71(124)99-49(26-18-34-93-76(87)88)62(115)98-52(28-29-58(82)112)65(118)96-48(25-17-33-92-75(85)86)63(116)100-53(61(84)114)38-45-20-11-9-12-21-45)105-74(127)80(7,8)106-68(121)51(24-15-16-32-81)97-67(120)56(41-59(83)113)104-73(126)79(5,6)107-69(122)55(39-46-22-13-10-14-23-46)102-66(119)54(40-47-30-36-91-37-31-47)101-64(117)50(27-19-35-94-77(89)90)103-72(125)78(3,4)108-70(123)57(42-109)95-44(2)111/h30-31,36-37,43,45-46,48-57,60,109-110H,9-29,32-35,38-42,81H2,1-8H3,(H2,82,112)(H2,83,113)(H2,84,114)(H,95,111)(H,96,118)(H,97,120)(H,98,115)(H,99,124)(H,100,116)(H,101,117)(H,102,119)(H,103,125)(H,104,126)(H,105,127)(H,106,121)(H,107,122)(H,108,123)(H4,85,86,92)(H4,87,88,93)(H4,89,90,94)/t43-,48+,49+,50+,51+,52+,53+,54+,55+,56+,57+,60+/m1/s1. The van der Waals surface area contributed by atoms with Gasteiger partial charge in [0.05, 0.1) is 19.1 Å². The van der Waals surface area contributed by atoms with Crippen molar-refractivity contribution in [2.45, 2.75) is 305 Å². The van der Waals surface area contributed by atoms with E-state index in [-0.39, 0.29) is 133 Å². The maximum absolute atomic E-state index is 14.9. The maximum Gasteiger partial charge on any atom is 0.245 e. The van der Waals surface area contributed by atoms with Crippen LogP contribution in [0.5, 0.6) is 0 Å². The highest BCUT2D eigenvalue weighted by Gasteiger charge is 2.43. The fraction of sp³-hybridized carbons (Fsp3) is 0.688. The van der Waals surface area contributed by atoms with E-state index in [4.69, 9.17) is 57.3 Å². The summed E-state index contributed by atoms with van der Waals surface area (Å²) in [7, 11) is 0. The summed E-state index contributed by atoms with van der Waals surface area (Å²) >= 11 is 0. The van der Waals surface area contributed by atoms with Crippen molar-refractivity contribution in [3.05, 3.63) is 30.1 Å². The van der Waals surface area contributed by atoms with Gasteiger partial charge in [-0.15, -0.1) is 0 Å². The molecule has 47 heteroatoms. The predicted octanol–water partition coefficient (Wildman–Crippen LogP) is -8.11. The second-order valence-electron chi connectivity index (χ2n) is 33.7. The number of nitrogens with one attached hydrogen (secondary N) is 14. The van der Waals surface area contributed by atoms with Gasteiger partial charge in [0.15, 0.2) is 17.9 Å². The smallest absolute Gasteiger partial charge is 0.245 e. The number of hydrogen-bond acceptors (Lipinski definition) is 24. The fourth-order valence-corrected chi connectivity index (χ4v) is 14.1. The summed E-state index contributed by atoms with van der Waals surface area (Å²) in [6, 6.07) is -13.9. The maximum atomic E-state index is 14.9. The molecule has 1 heterocycles. The summed E-state index contributed by atoms with van der Waals surface area (Å²) in [5, 5.41) is 56.4. The van der Waals surface area contributed by atoms with E-state index in [9.17, 15) is 91.7 Å². The van der Waals surface area contributed by atoms with Crippen LogP contribution in [0, 0.1) is 11.8 Å². The molecule has 0 unspecified atom stereocenters. The van der Waals surface area contributed by atoms with Crippen molar-refractivity contribution in [3.8, 4) is 0 Å². The number of aliphatic hydroxyl groups is 2. The van der Waals surface area contributed by atoms with E-state index in [1.54, 1.807) is 12.1 Å². The first-order valence-electron chi connectivity index (χ1n) is 42.8. The summed E-state index contributed by atoms with van der Waals surface area (Å²) < 4.78 is 0. The summed E-state index contributed by atoms with van der Waals surface area (Å²) in [6.45, 7) is 8.89. The molecule has 0 saturated heterocycles. The monoisotopic (exact) mass is 1800 g/mol. The zero-order valence-electron chi connectivity index (χ0n) is 74.0. The minimum atomic E-state index is -2.06. The third kappa shape index (κ3) is 41.2. The van der Waals surface area contributed by atoms with Crippen LogP contribution >= 0.6 is 0 Å². The van der Waals surface area contributed by atoms with E-state index in [2.05, 4.69) is 94.4 Å². The molecule has 2 saturated carbocycles. The van der Waals surface area contributed by atoms with E-state index in [1.807, 2.05) is 0 Å². The number of guanidine groups is 3. The Bertz CT molecular complexity index is 3970. The number of aliphatic imine (C=N–C) groups is 3. The van der Waals surface area contributed by atoms with Crippen LogP contribution in [0.1, 0.15) is 215 Å². The molecule has 1 aromatic rings. The molecule has 12 atom stereocenters. The molecule has 2 fully saturated rings. The Morgan fingerprint density at radius 1 is 0.409 bits per heavy atom. The Kier molecular flexibility index (Phi) is 46.9. The van der Waals surface area contributed by atoms with Gasteiger partial charge in [0.25, 0.3) is 0 Å². The largest absolute Gasteiger partial charge is 0.394 e. The van der Waals surface area contributed by atoms with Crippen LogP contribution in [0.2, 0.25) is 0 Å². The van der Waals surface area contributed by atoms with Crippen LogP contribution < -0.4 is 132 Å². The van der Waals surface area contributed by atoms with Gasteiger partial charge in [-0.2, -0.15) is 0 Å². The summed E-state index contributed by atoms with van der Waals surface area (Å²) in [5.74, 6) is -17.5. The normalized spacial score (nSPS) is 15.9. The third-order valence-electron chi connectivity index (χ3n) is 21.3. The second kappa shape index (κ2) is 54.7. The van der Waals surface area contributed by atoms with E-state index in [0.29, 0.717) is 18.4 Å². The van der Waals surface area contributed by atoms with Crippen molar-refractivity contribution < 1.29 is 91.7 Å². The van der Waals surface area contributed by atoms with Gasteiger partial charge < -0.3 is 142 Å². The van der Waals surface area contributed by atoms with Crippen LogP contribution in [0.15, 0.2) is 39.5 Å². The molecule has 36 N–H and O–H groups in total. The van der Waals surface area contributed by atoms with Gasteiger partial charge in [-0.3, -0.25) is 101 Å². The first kappa shape index (κ1) is 109. The number of rotatable bonds is 57. The molecule has 0 spiro atoms. The molecule has 2 aliphatic carbocycles. The van der Waals surface area contributed by atoms with Gasteiger partial charge in [-0.25, -0.2) is 0 Å². The molecule has 17 amide bonds. The van der Waals surface area contributed by atoms with Crippen LogP contribution in [0.3, 0.4) is 0 Å². The van der Waals surface area contributed by atoms with Crippen LogP contribution in [-0.4, -0.2) is 255 Å². The van der Waals surface area contributed by atoms with Gasteiger partial charge >= 0.3 is 0 Å². The van der Waals surface area contributed by atoms with Crippen molar-refractivity contribution in [1.82, 2.24) is 79.4 Å². The van der Waals surface area contributed by atoms with Gasteiger partial charge in [0.2, 0.25) is 100 Å². The molecule has 127 heavy (non-hydrogen) atoms. The molecule has 3 rings (SSSR count). The minimum absolute atomic E-state index is 0.00242. The zero-order chi connectivity index (χ0) is 95.5. The lowest BCUT2D eigenvalue weighted by Gasteiger charge is -2.33. The first-order valence-corrected chi connectivity index (χ1v) is 42.8. The van der Waals surface area contributed by atoms with Gasteiger partial charge in [-0.05, 0) is 162 Å². The third-order valence-corrected chi connectivity index (χ3v) is 21.3. The number of aromatic nitrogens is 1. The number of pyridine rings is 1. The lowest BCUT2D eigenvalue weighted by Crippen LogP contribution is -2.65.